The zero-order valence-electron chi connectivity index (χ0n) is 8.22. The predicted molar refractivity (Wildman–Crippen MR) is 50.7 cm³/mol. The van der Waals surface area contributed by atoms with Crippen molar-refractivity contribution in [3.8, 4) is 0 Å². The van der Waals surface area contributed by atoms with Gasteiger partial charge < -0.3 is 26.4 Å². The van der Waals surface area contributed by atoms with E-state index in [0.29, 0.717) is 13.0 Å². The molecule has 1 heterocycles. The summed E-state index contributed by atoms with van der Waals surface area (Å²) >= 11 is 0. The number of nitrogens with two attached hydrogens (primary N) is 2. The van der Waals surface area contributed by atoms with Crippen molar-refractivity contribution in [2.24, 2.45) is 11.5 Å². The number of aliphatic carboxylic acids is 1. The number of rotatable bonds is 2. The van der Waals surface area contributed by atoms with Crippen molar-refractivity contribution >= 4 is 5.97 Å². The second-order valence-corrected chi connectivity index (χ2v) is 3.07. The predicted octanol–water partition coefficient (Wildman–Crippen LogP) is -1.49. The van der Waals surface area contributed by atoms with Gasteiger partial charge in [-0.2, -0.15) is 0 Å². The molecule has 3 unspecified atom stereocenters. The van der Waals surface area contributed by atoms with Crippen LogP contribution in [-0.2, 0) is 9.53 Å². The van der Waals surface area contributed by atoms with E-state index in [4.69, 9.17) is 26.4 Å². The fraction of sp³-hybridized carbons (Fsp3) is 0.875. The largest absolute Gasteiger partial charge is 0.480 e. The van der Waals surface area contributed by atoms with Crippen LogP contribution < -0.4 is 11.5 Å². The molecule has 84 valence electrons. The minimum Gasteiger partial charge on any atom is -0.480 e. The van der Waals surface area contributed by atoms with Crippen LogP contribution >= 0.6 is 0 Å². The van der Waals surface area contributed by atoms with Crippen LogP contribution in [0.15, 0.2) is 0 Å². The molecule has 0 aliphatic carbocycles. The molecule has 0 aromatic rings. The zero-order valence-corrected chi connectivity index (χ0v) is 8.22. The summed E-state index contributed by atoms with van der Waals surface area (Å²) in [5, 5.41) is 15.6. The first-order chi connectivity index (χ1) is 6.61. The molecule has 1 aliphatic rings. The van der Waals surface area contributed by atoms with Gasteiger partial charge in [-0.25, -0.2) is 0 Å². The lowest BCUT2D eigenvalue weighted by atomic mass is 10.0. The molecule has 6 heteroatoms. The summed E-state index contributed by atoms with van der Waals surface area (Å²) in [5.41, 5.74) is 10.9. The number of hydrogen-bond donors (Lipinski definition) is 4. The molecule has 3 atom stereocenters. The Labute approximate surface area is 82.8 Å². The molecule has 1 saturated heterocycles. The van der Waals surface area contributed by atoms with Crippen LogP contribution in [0.4, 0.5) is 0 Å². The topological polar surface area (TPSA) is 119 Å². The Morgan fingerprint density at radius 1 is 1.50 bits per heavy atom. The van der Waals surface area contributed by atoms with E-state index in [0.717, 1.165) is 13.5 Å². The lowest BCUT2D eigenvalue weighted by Crippen LogP contribution is -2.48. The van der Waals surface area contributed by atoms with Crippen molar-refractivity contribution in [3.05, 3.63) is 0 Å². The number of carbonyl (C=O) groups is 1. The highest BCUT2D eigenvalue weighted by Crippen LogP contribution is 2.14. The van der Waals surface area contributed by atoms with E-state index in [1.54, 1.807) is 0 Å². The lowest BCUT2D eigenvalue weighted by Gasteiger charge is -2.28. The molecule has 0 aromatic heterocycles. The lowest BCUT2D eigenvalue weighted by molar-refractivity contribution is -0.143. The van der Waals surface area contributed by atoms with Crippen LogP contribution in [-0.4, -0.2) is 48.1 Å². The summed E-state index contributed by atoms with van der Waals surface area (Å²) in [5.74, 6) is -1.02. The van der Waals surface area contributed by atoms with Gasteiger partial charge in [0.15, 0.2) is 0 Å². The van der Waals surface area contributed by atoms with E-state index in [1.165, 1.54) is 0 Å². The van der Waals surface area contributed by atoms with E-state index in [9.17, 15) is 4.79 Å². The third-order valence-corrected chi connectivity index (χ3v) is 2.03. The first-order valence-corrected chi connectivity index (χ1v) is 4.41. The summed E-state index contributed by atoms with van der Waals surface area (Å²) in [4.78, 5) is 10.4. The molecule has 1 fully saturated rings. The summed E-state index contributed by atoms with van der Waals surface area (Å²) in [6, 6.07) is -0.889. The van der Waals surface area contributed by atoms with Gasteiger partial charge in [-0.1, -0.05) is 0 Å². The second-order valence-electron chi connectivity index (χ2n) is 3.07. The third-order valence-electron chi connectivity index (χ3n) is 2.03. The average molecular weight is 206 g/mol. The molecule has 1 rings (SSSR count). The van der Waals surface area contributed by atoms with E-state index >= 15 is 0 Å². The summed E-state index contributed by atoms with van der Waals surface area (Å²) in [7, 11) is 1.00. The molecule has 0 aromatic carbocycles. The Morgan fingerprint density at radius 3 is 2.43 bits per heavy atom. The molecule has 0 spiro atoms. The number of ether oxygens (including phenoxy) is 1. The van der Waals surface area contributed by atoms with E-state index in [2.05, 4.69) is 0 Å². The Kier molecular flexibility index (Phi) is 6.39. The summed E-state index contributed by atoms with van der Waals surface area (Å²) in [6.07, 6.45) is 1.04. The van der Waals surface area contributed by atoms with Gasteiger partial charge in [0.2, 0.25) is 0 Å². The van der Waals surface area contributed by atoms with E-state index in [-0.39, 0.29) is 12.1 Å². The van der Waals surface area contributed by atoms with Crippen molar-refractivity contribution in [2.45, 2.75) is 31.0 Å². The normalized spacial score (nSPS) is 28.6. The minimum absolute atomic E-state index is 0.0299. The molecule has 1 aliphatic heterocycles. The highest BCUT2D eigenvalue weighted by molar-refractivity contribution is 5.73. The summed E-state index contributed by atoms with van der Waals surface area (Å²) in [6.45, 7) is 0.408. The van der Waals surface area contributed by atoms with Crippen molar-refractivity contribution in [3.63, 3.8) is 0 Å². The zero-order chi connectivity index (χ0) is 11.1. The Morgan fingerprint density at radius 2 is 2.07 bits per heavy atom. The molecule has 6 nitrogen and oxygen atoms in total. The molecular weight excluding hydrogens is 188 g/mol. The summed E-state index contributed by atoms with van der Waals surface area (Å²) < 4.78 is 5.18. The number of aliphatic hydroxyl groups is 1. The smallest absolute Gasteiger partial charge is 0.323 e. The van der Waals surface area contributed by atoms with Crippen molar-refractivity contribution in [1.82, 2.24) is 0 Å². The fourth-order valence-corrected chi connectivity index (χ4v) is 1.23. The van der Waals surface area contributed by atoms with Gasteiger partial charge >= 0.3 is 5.97 Å². The van der Waals surface area contributed by atoms with Gasteiger partial charge in [0.05, 0.1) is 12.7 Å². The average Bonchev–Trinajstić information content (AvgIpc) is 2.21. The van der Waals surface area contributed by atoms with Gasteiger partial charge in [-0.05, 0) is 12.8 Å². The van der Waals surface area contributed by atoms with Crippen LogP contribution in [0.1, 0.15) is 12.8 Å². The van der Waals surface area contributed by atoms with Crippen LogP contribution in [0.25, 0.3) is 0 Å². The Hall–Kier alpha value is -0.690. The molecular formula is C8H18N2O4. The molecule has 14 heavy (non-hydrogen) atoms. The number of hydrogen-bond acceptors (Lipinski definition) is 5. The molecule has 0 amide bonds. The SMILES string of the molecule is CO.NC1CCC(C(N)C(=O)O)OC1. The van der Waals surface area contributed by atoms with Crippen LogP contribution in [0, 0.1) is 0 Å². The first-order valence-electron chi connectivity index (χ1n) is 4.41. The van der Waals surface area contributed by atoms with Gasteiger partial charge in [0.25, 0.3) is 0 Å². The van der Waals surface area contributed by atoms with Crippen LogP contribution in [0.5, 0.6) is 0 Å². The Balaban J connectivity index is 0.000000791. The van der Waals surface area contributed by atoms with Crippen LogP contribution in [0.3, 0.4) is 0 Å². The van der Waals surface area contributed by atoms with Gasteiger partial charge in [-0.3, -0.25) is 4.79 Å². The first kappa shape index (κ1) is 13.3. The maximum absolute atomic E-state index is 10.4. The molecule has 0 radical (unpaired) electrons. The van der Waals surface area contributed by atoms with Crippen molar-refractivity contribution in [1.29, 1.82) is 0 Å². The van der Waals surface area contributed by atoms with E-state index < -0.39 is 12.0 Å². The number of carboxylic acids is 1. The number of aliphatic hydroxyl groups excluding tert-OH is 1. The van der Waals surface area contributed by atoms with Crippen molar-refractivity contribution < 1.29 is 19.7 Å². The Bertz CT molecular complexity index is 169. The second kappa shape index (κ2) is 6.72. The fourth-order valence-electron chi connectivity index (χ4n) is 1.23. The van der Waals surface area contributed by atoms with Crippen molar-refractivity contribution in [2.75, 3.05) is 13.7 Å². The standard InChI is InChI=1S/C7H14N2O3.CH4O/c8-4-1-2-5(12-3-4)6(9)7(10)11;1-2/h4-6H,1-3,8-9H2,(H,10,11);2H,1H3. The van der Waals surface area contributed by atoms with E-state index in [1.807, 2.05) is 0 Å². The monoisotopic (exact) mass is 206 g/mol. The van der Waals surface area contributed by atoms with Gasteiger partial charge in [-0.15, -0.1) is 0 Å². The molecule has 0 bridgehead atoms. The third kappa shape index (κ3) is 4.01. The number of carboxylic acid groups (broad SMARTS) is 1. The van der Waals surface area contributed by atoms with Gasteiger partial charge in [0.1, 0.15) is 6.04 Å². The van der Waals surface area contributed by atoms with Gasteiger partial charge in [0, 0.05) is 13.2 Å². The van der Waals surface area contributed by atoms with Crippen LogP contribution in [0.2, 0.25) is 0 Å². The molecule has 0 saturated carbocycles. The highest BCUT2D eigenvalue weighted by Gasteiger charge is 2.28. The quantitative estimate of drug-likeness (QED) is 0.437. The maximum Gasteiger partial charge on any atom is 0.323 e. The maximum atomic E-state index is 10.4. The minimum atomic E-state index is -1.02. The molecule has 6 N–H and O–H groups in total. The highest BCUT2D eigenvalue weighted by atomic mass is 16.5.